The average Bonchev–Trinajstić information content (AvgIpc) is 3.23. The molecule has 0 radical (unpaired) electrons. The van der Waals surface area contributed by atoms with Crippen LogP contribution >= 0.6 is 0 Å². The molecule has 1 unspecified atom stereocenters. The minimum Gasteiger partial charge on any atom is -0.400 e. The highest BCUT2D eigenvalue weighted by molar-refractivity contribution is 5.69. The first-order chi connectivity index (χ1) is 12.3. The Morgan fingerprint density at radius 2 is 1.56 bits per heavy atom. The van der Waals surface area contributed by atoms with Crippen molar-refractivity contribution >= 4 is 5.57 Å². The molecule has 4 heteroatoms. The Balaban J connectivity index is 0.000000730. The molecule has 1 N–H and O–H groups in total. The monoisotopic (exact) mass is 337 g/mol. The van der Waals surface area contributed by atoms with Crippen molar-refractivity contribution in [3.8, 4) is 0 Å². The normalized spacial score (nSPS) is 10.6. The number of rotatable bonds is 5. The minimum absolute atomic E-state index is 0.176. The van der Waals surface area contributed by atoms with Gasteiger partial charge in [-0.1, -0.05) is 81.1 Å². The first kappa shape index (κ1) is 20.3. The molecule has 3 rings (SSSR count). The van der Waals surface area contributed by atoms with Crippen LogP contribution in [-0.2, 0) is 6.54 Å². The van der Waals surface area contributed by atoms with E-state index in [0.29, 0.717) is 0 Å². The fourth-order valence-corrected chi connectivity index (χ4v) is 2.47. The Labute approximate surface area is 150 Å². The lowest BCUT2D eigenvalue weighted by Crippen LogP contribution is -2.11. The van der Waals surface area contributed by atoms with Crippen LogP contribution < -0.4 is 0 Å². The smallest absolute Gasteiger partial charge is 0.137 e. The van der Waals surface area contributed by atoms with E-state index < -0.39 is 0 Å². The number of nitrogens with zero attached hydrogens (tertiary/aromatic N) is 3. The van der Waals surface area contributed by atoms with Gasteiger partial charge in [-0.3, -0.25) is 4.68 Å². The molecular weight excluding hydrogens is 310 g/mol. The molecule has 0 aliphatic heterocycles. The fourth-order valence-electron chi connectivity index (χ4n) is 2.47. The predicted molar refractivity (Wildman–Crippen MR) is 104 cm³/mol. The van der Waals surface area contributed by atoms with Crippen molar-refractivity contribution < 1.29 is 5.11 Å². The number of allylic oxidation sites excluding steroid dienone is 1. The van der Waals surface area contributed by atoms with Crippen LogP contribution in [0.1, 0.15) is 30.9 Å². The second-order valence-electron chi connectivity index (χ2n) is 4.97. The summed E-state index contributed by atoms with van der Waals surface area (Å²) in [5, 5.41) is 11.2. The van der Waals surface area contributed by atoms with Crippen LogP contribution in [0.25, 0.3) is 5.57 Å². The molecule has 25 heavy (non-hydrogen) atoms. The summed E-state index contributed by atoms with van der Waals surface area (Å²) in [6.45, 7) is 9.05. The van der Waals surface area contributed by atoms with Gasteiger partial charge in [0.15, 0.2) is 0 Å². The molecule has 1 aromatic heterocycles. The second kappa shape index (κ2) is 11.8. The zero-order valence-corrected chi connectivity index (χ0v) is 15.2. The molecule has 2 aromatic carbocycles. The number of hydrogen-bond acceptors (Lipinski definition) is 3. The number of benzene rings is 2. The van der Waals surface area contributed by atoms with E-state index in [1.54, 1.807) is 12.7 Å². The lowest BCUT2D eigenvalue weighted by atomic mass is 9.88. The number of aliphatic hydroxyl groups excluding tert-OH is 1. The lowest BCUT2D eigenvalue weighted by molar-refractivity contribution is 0.399. The molecule has 0 saturated carbocycles. The summed E-state index contributed by atoms with van der Waals surface area (Å²) in [4.78, 5) is 4.02. The molecule has 0 fully saturated rings. The molecule has 3 aromatic rings. The third-order valence-corrected chi connectivity index (χ3v) is 3.60. The van der Waals surface area contributed by atoms with Crippen molar-refractivity contribution in [1.82, 2.24) is 14.8 Å². The number of hydrogen-bond donors (Lipinski definition) is 1. The Kier molecular flexibility index (Phi) is 9.56. The zero-order chi connectivity index (χ0) is 18.5. The van der Waals surface area contributed by atoms with Crippen molar-refractivity contribution in [2.75, 3.05) is 7.11 Å². The van der Waals surface area contributed by atoms with Gasteiger partial charge < -0.3 is 5.11 Å². The van der Waals surface area contributed by atoms with Crippen molar-refractivity contribution in [3.63, 3.8) is 0 Å². The SMILES string of the molecule is C=C(c1ccccc1)C(Cn1cncn1)c1ccccc1.CC.CO. The van der Waals surface area contributed by atoms with Gasteiger partial charge in [-0.15, -0.1) is 0 Å². The summed E-state index contributed by atoms with van der Waals surface area (Å²) in [7, 11) is 1.00. The van der Waals surface area contributed by atoms with E-state index in [1.165, 1.54) is 5.56 Å². The van der Waals surface area contributed by atoms with E-state index in [-0.39, 0.29) is 5.92 Å². The van der Waals surface area contributed by atoms with E-state index in [1.807, 2.05) is 42.8 Å². The van der Waals surface area contributed by atoms with Crippen LogP contribution in [0.5, 0.6) is 0 Å². The Bertz CT molecular complexity index is 695. The van der Waals surface area contributed by atoms with Gasteiger partial charge in [0, 0.05) is 13.0 Å². The topological polar surface area (TPSA) is 50.9 Å². The van der Waals surface area contributed by atoms with Crippen LogP contribution in [0, 0.1) is 0 Å². The van der Waals surface area contributed by atoms with E-state index in [0.717, 1.165) is 24.8 Å². The summed E-state index contributed by atoms with van der Waals surface area (Å²) in [5.74, 6) is 0.176. The molecule has 0 aliphatic carbocycles. The maximum atomic E-state index is 7.00. The van der Waals surface area contributed by atoms with Crippen LogP contribution in [0.3, 0.4) is 0 Å². The quantitative estimate of drug-likeness (QED) is 0.750. The second-order valence-corrected chi connectivity index (χ2v) is 4.97. The Morgan fingerprint density at radius 3 is 2.08 bits per heavy atom. The van der Waals surface area contributed by atoms with Gasteiger partial charge in [0.25, 0.3) is 0 Å². The zero-order valence-electron chi connectivity index (χ0n) is 15.2. The predicted octanol–water partition coefficient (Wildman–Crippen LogP) is 4.41. The summed E-state index contributed by atoms with van der Waals surface area (Å²) >= 11 is 0. The van der Waals surface area contributed by atoms with E-state index >= 15 is 0 Å². The highest BCUT2D eigenvalue weighted by Crippen LogP contribution is 2.31. The van der Waals surface area contributed by atoms with E-state index in [9.17, 15) is 0 Å². The largest absolute Gasteiger partial charge is 0.400 e. The fraction of sp³-hybridized carbons (Fsp3) is 0.238. The van der Waals surface area contributed by atoms with Crippen molar-refractivity contribution in [3.05, 3.63) is 91.0 Å². The summed E-state index contributed by atoms with van der Waals surface area (Å²) in [5.41, 5.74) is 3.49. The van der Waals surface area contributed by atoms with Crippen molar-refractivity contribution in [2.45, 2.75) is 26.3 Å². The molecule has 0 saturated heterocycles. The van der Waals surface area contributed by atoms with Gasteiger partial charge in [0.05, 0.1) is 6.54 Å². The Morgan fingerprint density at radius 1 is 1.00 bits per heavy atom. The highest BCUT2D eigenvalue weighted by atomic mass is 16.2. The minimum atomic E-state index is 0.176. The Hall–Kier alpha value is -2.72. The van der Waals surface area contributed by atoms with E-state index in [4.69, 9.17) is 5.11 Å². The van der Waals surface area contributed by atoms with Gasteiger partial charge in [-0.2, -0.15) is 5.10 Å². The highest BCUT2D eigenvalue weighted by Gasteiger charge is 2.17. The molecule has 0 bridgehead atoms. The van der Waals surface area contributed by atoms with Crippen molar-refractivity contribution in [1.29, 1.82) is 0 Å². The van der Waals surface area contributed by atoms with Crippen LogP contribution in [0.15, 0.2) is 79.9 Å². The van der Waals surface area contributed by atoms with Gasteiger partial charge >= 0.3 is 0 Å². The standard InChI is InChI=1S/C18H17N3.C2H6.CH4O/c1-15(16-8-4-2-5-9-16)18(12-21-14-19-13-20-21)17-10-6-3-7-11-17;2*1-2/h2-11,13-14,18H,1,12H2;1-2H3;2H,1H3. The van der Waals surface area contributed by atoms with Crippen LogP contribution in [0.4, 0.5) is 0 Å². The first-order valence-corrected chi connectivity index (χ1v) is 8.41. The van der Waals surface area contributed by atoms with Crippen LogP contribution in [-0.4, -0.2) is 27.0 Å². The van der Waals surface area contributed by atoms with Gasteiger partial charge in [0.2, 0.25) is 0 Å². The molecule has 0 spiro atoms. The van der Waals surface area contributed by atoms with Gasteiger partial charge in [-0.25, -0.2) is 4.98 Å². The summed E-state index contributed by atoms with van der Waals surface area (Å²) in [6, 6.07) is 20.7. The third-order valence-electron chi connectivity index (χ3n) is 3.60. The summed E-state index contributed by atoms with van der Waals surface area (Å²) < 4.78 is 1.85. The molecule has 4 nitrogen and oxygen atoms in total. The first-order valence-electron chi connectivity index (χ1n) is 8.41. The molecule has 0 aliphatic rings. The third kappa shape index (κ3) is 6.01. The number of aliphatic hydroxyl groups is 1. The maximum absolute atomic E-state index is 7.00. The lowest BCUT2D eigenvalue weighted by Gasteiger charge is -2.20. The van der Waals surface area contributed by atoms with Gasteiger partial charge in [-0.05, 0) is 16.7 Å². The molecule has 0 amide bonds. The molecular formula is C21H27N3O. The van der Waals surface area contributed by atoms with Crippen LogP contribution in [0.2, 0.25) is 0 Å². The molecule has 1 heterocycles. The van der Waals surface area contributed by atoms with Gasteiger partial charge in [0.1, 0.15) is 12.7 Å². The number of aromatic nitrogens is 3. The maximum Gasteiger partial charge on any atom is 0.137 e. The molecule has 1 atom stereocenters. The van der Waals surface area contributed by atoms with E-state index in [2.05, 4.69) is 53.1 Å². The molecule has 132 valence electrons. The summed E-state index contributed by atoms with van der Waals surface area (Å²) in [6.07, 6.45) is 3.31. The van der Waals surface area contributed by atoms with Crippen molar-refractivity contribution in [2.24, 2.45) is 0 Å². The average molecular weight is 337 g/mol.